The zero-order valence-corrected chi connectivity index (χ0v) is 18.3. The van der Waals surface area contributed by atoms with Crippen LogP contribution in [0.2, 0.25) is 0 Å². The molecule has 2 aromatic carbocycles. The van der Waals surface area contributed by atoms with E-state index in [0.717, 1.165) is 16.1 Å². The molecule has 1 aliphatic rings. The van der Waals surface area contributed by atoms with Gasteiger partial charge < -0.3 is 10.2 Å². The maximum absolute atomic E-state index is 12.7. The van der Waals surface area contributed by atoms with Crippen molar-refractivity contribution < 1.29 is 18.0 Å². The van der Waals surface area contributed by atoms with Gasteiger partial charge in [-0.25, -0.2) is 8.42 Å². The maximum atomic E-state index is 12.7. The molecule has 2 amide bonds. The fourth-order valence-electron chi connectivity index (χ4n) is 3.01. The molecule has 8 heteroatoms. The van der Waals surface area contributed by atoms with Crippen molar-refractivity contribution in [3.05, 3.63) is 48.0 Å². The van der Waals surface area contributed by atoms with Crippen LogP contribution in [-0.4, -0.2) is 38.3 Å². The second-order valence-electron chi connectivity index (χ2n) is 7.02. The Balaban J connectivity index is 1.70. The van der Waals surface area contributed by atoms with Crippen LogP contribution in [-0.2, 0) is 19.4 Å². The van der Waals surface area contributed by atoms with Crippen molar-refractivity contribution in [2.24, 2.45) is 0 Å². The molecule has 0 saturated heterocycles. The highest BCUT2D eigenvalue weighted by molar-refractivity contribution is 8.01. The lowest BCUT2D eigenvalue weighted by atomic mass is 10.2. The molecule has 1 aliphatic heterocycles. The summed E-state index contributed by atoms with van der Waals surface area (Å²) < 4.78 is 25.5. The van der Waals surface area contributed by atoms with Gasteiger partial charge in [-0.15, -0.1) is 11.8 Å². The van der Waals surface area contributed by atoms with Gasteiger partial charge in [0.25, 0.3) is 0 Å². The van der Waals surface area contributed by atoms with Gasteiger partial charge in [0.05, 0.1) is 21.6 Å². The van der Waals surface area contributed by atoms with E-state index < -0.39 is 9.84 Å². The van der Waals surface area contributed by atoms with Gasteiger partial charge in [-0.1, -0.05) is 24.6 Å². The molecule has 0 aromatic heterocycles. The van der Waals surface area contributed by atoms with Gasteiger partial charge in [-0.3, -0.25) is 9.59 Å². The lowest BCUT2D eigenvalue weighted by molar-refractivity contribution is -0.118. The molecule has 0 bridgehead atoms. The molecular formula is C21H24N2O4S2. The van der Waals surface area contributed by atoms with Crippen molar-refractivity contribution in [1.82, 2.24) is 0 Å². The van der Waals surface area contributed by atoms with Crippen LogP contribution in [0.15, 0.2) is 52.3 Å². The van der Waals surface area contributed by atoms with Crippen molar-refractivity contribution in [3.8, 4) is 0 Å². The first-order valence-corrected chi connectivity index (χ1v) is 11.9. The van der Waals surface area contributed by atoms with Crippen molar-refractivity contribution in [2.45, 2.75) is 41.7 Å². The normalized spacial score (nSPS) is 16.1. The van der Waals surface area contributed by atoms with Gasteiger partial charge in [0.2, 0.25) is 11.8 Å². The number of rotatable bonds is 6. The first-order valence-electron chi connectivity index (χ1n) is 9.39. The summed E-state index contributed by atoms with van der Waals surface area (Å²) in [6.07, 6.45) is 0.579. The number of fused-ring (bicyclic) bond motifs is 1. The summed E-state index contributed by atoms with van der Waals surface area (Å²) in [7, 11) is -2.02. The molecule has 0 aliphatic carbocycles. The van der Waals surface area contributed by atoms with Gasteiger partial charge in [-0.05, 0) is 43.7 Å². The number of carbonyl (C=O) groups excluding carboxylic acids is 2. The Labute approximate surface area is 175 Å². The topological polar surface area (TPSA) is 83.6 Å². The van der Waals surface area contributed by atoms with Crippen molar-refractivity contribution in [1.29, 1.82) is 0 Å². The number of aryl methyl sites for hydroxylation is 1. The Morgan fingerprint density at radius 1 is 1.17 bits per heavy atom. The molecule has 154 valence electrons. The number of sulfone groups is 1. The zero-order chi connectivity index (χ0) is 21.2. The van der Waals surface area contributed by atoms with Gasteiger partial charge in [0.1, 0.15) is 0 Å². The summed E-state index contributed by atoms with van der Waals surface area (Å²) in [6, 6.07) is 12.2. The quantitative estimate of drug-likeness (QED) is 0.753. The number of anilines is 2. The number of carbonyl (C=O) groups is 2. The fraction of sp³-hybridized carbons (Fsp3) is 0.333. The Morgan fingerprint density at radius 2 is 1.86 bits per heavy atom. The molecule has 2 aromatic rings. The Hall–Kier alpha value is -2.32. The Bertz CT molecular complexity index is 1030. The molecule has 3 rings (SSSR count). The first kappa shape index (κ1) is 21.4. The third-order valence-corrected chi connectivity index (χ3v) is 8.04. The number of amides is 2. The summed E-state index contributed by atoms with van der Waals surface area (Å²) in [5.41, 5.74) is 2.31. The van der Waals surface area contributed by atoms with Crippen LogP contribution in [0, 0.1) is 6.92 Å². The van der Waals surface area contributed by atoms with Crippen LogP contribution < -0.4 is 10.2 Å². The monoisotopic (exact) mass is 432 g/mol. The van der Waals surface area contributed by atoms with Crippen LogP contribution in [0.3, 0.4) is 0 Å². The van der Waals surface area contributed by atoms with Gasteiger partial charge >= 0.3 is 0 Å². The second kappa shape index (κ2) is 8.59. The molecule has 1 heterocycles. The first-order chi connectivity index (χ1) is 13.7. The second-order valence-corrected chi connectivity index (χ2v) is 10.4. The number of nitrogens with zero attached hydrogens (tertiary/aromatic N) is 1. The number of benzene rings is 2. The van der Waals surface area contributed by atoms with Gasteiger partial charge in [0, 0.05) is 24.1 Å². The van der Waals surface area contributed by atoms with Crippen LogP contribution >= 0.6 is 11.8 Å². The molecule has 0 fully saturated rings. The highest BCUT2D eigenvalue weighted by Crippen LogP contribution is 2.38. The van der Waals surface area contributed by atoms with Crippen molar-refractivity contribution >= 4 is 44.8 Å². The molecule has 6 nitrogen and oxygen atoms in total. The van der Waals surface area contributed by atoms with E-state index in [1.807, 2.05) is 38.1 Å². The number of hydrogen-bond acceptors (Lipinski definition) is 5. The SMILES string of the molecule is CCC1Sc2ccc(S(=O)(=O)CCC(=O)N(C)c3ccc(C)cc3)cc2NC1=O. The summed E-state index contributed by atoms with van der Waals surface area (Å²) in [6.45, 7) is 3.89. The standard InChI is InChI=1S/C21H24N2O4S2/c1-4-18-21(25)22-17-13-16(9-10-19(17)28-18)29(26,27)12-11-20(24)23(3)15-7-5-14(2)6-8-15/h5-10,13,18H,4,11-12H2,1-3H3,(H,22,25). The van der Waals surface area contributed by atoms with Gasteiger partial charge in [0.15, 0.2) is 9.84 Å². The molecule has 0 spiro atoms. The van der Waals surface area contributed by atoms with E-state index in [1.165, 1.54) is 22.7 Å². The van der Waals surface area contributed by atoms with Crippen LogP contribution in [0.1, 0.15) is 25.3 Å². The van der Waals surface area contributed by atoms with Crippen molar-refractivity contribution in [3.63, 3.8) is 0 Å². The lowest BCUT2D eigenvalue weighted by Gasteiger charge is -2.23. The van der Waals surface area contributed by atoms with Crippen LogP contribution in [0.25, 0.3) is 0 Å². The molecule has 1 N–H and O–H groups in total. The predicted octanol–water partition coefficient (Wildman–Crippen LogP) is 3.64. The average Bonchev–Trinajstić information content (AvgIpc) is 2.71. The molecule has 1 atom stereocenters. The third kappa shape index (κ3) is 4.82. The predicted molar refractivity (Wildman–Crippen MR) is 116 cm³/mol. The summed E-state index contributed by atoms with van der Waals surface area (Å²) in [5, 5.41) is 2.62. The third-order valence-electron chi connectivity index (χ3n) is 4.88. The number of hydrogen-bond donors (Lipinski definition) is 1. The van der Waals surface area contributed by atoms with E-state index in [0.29, 0.717) is 12.1 Å². The van der Waals surface area contributed by atoms with E-state index in [4.69, 9.17) is 0 Å². The fourth-order valence-corrected chi connectivity index (χ4v) is 5.29. The Morgan fingerprint density at radius 3 is 2.52 bits per heavy atom. The molecule has 1 unspecified atom stereocenters. The van der Waals surface area contributed by atoms with E-state index >= 15 is 0 Å². The molecule has 0 radical (unpaired) electrons. The lowest BCUT2D eigenvalue weighted by Crippen LogP contribution is -2.29. The van der Waals surface area contributed by atoms with Crippen LogP contribution in [0.5, 0.6) is 0 Å². The van der Waals surface area contributed by atoms with Crippen LogP contribution in [0.4, 0.5) is 11.4 Å². The molecule has 0 saturated carbocycles. The number of nitrogens with one attached hydrogen (secondary N) is 1. The largest absolute Gasteiger partial charge is 0.324 e. The van der Waals surface area contributed by atoms with E-state index in [1.54, 1.807) is 19.2 Å². The summed E-state index contributed by atoms with van der Waals surface area (Å²) >= 11 is 1.44. The Kier molecular flexibility index (Phi) is 6.33. The minimum absolute atomic E-state index is 0.109. The molecular weight excluding hydrogens is 408 g/mol. The summed E-state index contributed by atoms with van der Waals surface area (Å²) in [4.78, 5) is 26.9. The minimum atomic E-state index is -3.66. The zero-order valence-electron chi connectivity index (χ0n) is 16.6. The van der Waals surface area contributed by atoms with E-state index in [2.05, 4.69) is 5.32 Å². The highest BCUT2D eigenvalue weighted by atomic mass is 32.2. The van der Waals surface area contributed by atoms with E-state index in [-0.39, 0.29) is 34.1 Å². The summed E-state index contributed by atoms with van der Waals surface area (Å²) in [5.74, 6) is -0.682. The maximum Gasteiger partial charge on any atom is 0.237 e. The highest BCUT2D eigenvalue weighted by Gasteiger charge is 2.27. The molecule has 29 heavy (non-hydrogen) atoms. The smallest absolute Gasteiger partial charge is 0.237 e. The van der Waals surface area contributed by atoms with Gasteiger partial charge in [-0.2, -0.15) is 0 Å². The average molecular weight is 433 g/mol. The van der Waals surface area contributed by atoms with E-state index in [9.17, 15) is 18.0 Å². The minimum Gasteiger partial charge on any atom is -0.324 e. The van der Waals surface area contributed by atoms with Crippen molar-refractivity contribution in [2.75, 3.05) is 23.0 Å². The number of thioether (sulfide) groups is 1.